The number of carbonyl (C=O) groups is 1. The first-order chi connectivity index (χ1) is 9.61. The van der Waals surface area contributed by atoms with E-state index >= 15 is 0 Å². The Labute approximate surface area is 126 Å². The number of hydrogen-bond acceptors (Lipinski definition) is 3. The lowest BCUT2D eigenvalue weighted by molar-refractivity contribution is 0.0689. The normalized spacial score (nSPS) is 16.4. The van der Waals surface area contributed by atoms with Crippen LogP contribution in [0.2, 0.25) is 0 Å². The quantitative estimate of drug-likeness (QED) is 0.933. The van der Waals surface area contributed by atoms with Crippen LogP contribution in [-0.4, -0.2) is 30.4 Å². The number of hydrogen-bond donors (Lipinski definition) is 1. The van der Waals surface area contributed by atoms with Crippen LogP contribution in [0, 0.1) is 5.92 Å². The molecule has 2 N–H and O–H groups in total. The molecule has 1 unspecified atom stereocenters. The molecule has 1 atom stereocenters. The number of fused-ring (bicyclic) bond motifs is 1. The number of para-hydroxylation sites is 1. The van der Waals surface area contributed by atoms with E-state index in [-0.39, 0.29) is 11.9 Å². The zero-order valence-electron chi connectivity index (χ0n) is 11.3. The second-order valence-corrected chi connectivity index (χ2v) is 6.18. The Balaban J connectivity index is 1.89. The van der Waals surface area contributed by atoms with Crippen molar-refractivity contribution in [1.82, 2.24) is 4.90 Å². The van der Waals surface area contributed by atoms with E-state index in [0.29, 0.717) is 23.8 Å². The van der Waals surface area contributed by atoms with Gasteiger partial charge in [-0.2, -0.15) is 0 Å². The molecule has 1 saturated carbocycles. The molecule has 2 aromatic rings. The van der Waals surface area contributed by atoms with Crippen LogP contribution in [0.3, 0.4) is 0 Å². The topological polar surface area (TPSA) is 59.5 Å². The van der Waals surface area contributed by atoms with Crippen molar-refractivity contribution in [1.29, 1.82) is 0 Å². The highest BCUT2D eigenvalue weighted by molar-refractivity contribution is 9.10. The SMILES string of the molecule is CN(C(=O)c1cc2cccc(Br)c2o1)C(CN)C1CC1. The average molecular weight is 337 g/mol. The molecule has 1 heterocycles. The van der Waals surface area contributed by atoms with Gasteiger partial charge < -0.3 is 15.1 Å². The van der Waals surface area contributed by atoms with Gasteiger partial charge in [0.25, 0.3) is 5.91 Å². The van der Waals surface area contributed by atoms with Gasteiger partial charge >= 0.3 is 0 Å². The van der Waals surface area contributed by atoms with Crippen LogP contribution in [0.25, 0.3) is 11.0 Å². The summed E-state index contributed by atoms with van der Waals surface area (Å²) in [5, 5.41) is 0.923. The number of carbonyl (C=O) groups excluding carboxylic acids is 1. The Morgan fingerprint density at radius 1 is 1.55 bits per heavy atom. The number of nitrogens with two attached hydrogens (primary N) is 1. The van der Waals surface area contributed by atoms with E-state index in [9.17, 15) is 4.79 Å². The van der Waals surface area contributed by atoms with E-state index in [0.717, 1.165) is 22.7 Å². The van der Waals surface area contributed by atoms with Crippen LogP contribution in [0.4, 0.5) is 0 Å². The van der Waals surface area contributed by atoms with Crippen LogP contribution >= 0.6 is 15.9 Å². The molecule has 0 radical (unpaired) electrons. The fourth-order valence-corrected chi connectivity index (χ4v) is 3.07. The number of furan rings is 1. The lowest BCUT2D eigenvalue weighted by Crippen LogP contribution is -2.43. The third-order valence-electron chi connectivity index (χ3n) is 3.93. The summed E-state index contributed by atoms with van der Waals surface area (Å²) in [7, 11) is 1.81. The summed E-state index contributed by atoms with van der Waals surface area (Å²) >= 11 is 3.43. The van der Waals surface area contributed by atoms with Crippen molar-refractivity contribution >= 4 is 32.8 Å². The molecule has 1 aromatic carbocycles. The van der Waals surface area contributed by atoms with Gasteiger partial charge in [-0.25, -0.2) is 0 Å². The van der Waals surface area contributed by atoms with Crippen LogP contribution in [0.5, 0.6) is 0 Å². The van der Waals surface area contributed by atoms with Crippen molar-refractivity contribution in [2.75, 3.05) is 13.6 Å². The molecule has 0 aliphatic heterocycles. The van der Waals surface area contributed by atoms with Gasteiger partial charge in [0.2, 0.25) is 0 Å². The van der Waals surface area contributed by atoms with Crippen molar-refractivity contribution in [2.24, 2.45) is 11.7 Å². The second-order valence-electron chi connectivity index (χ2n) is 5.33. The van der Waals surface area contributed by atoms with E-state index in [4.69, 9.17) is 10.2 Å². The fraction of sp³-hybridized carbons (Fsp3) is 0.400. The molecule has 4 nitrogen and oxygen atoms in total. The van der Waals surface area contributed by atoms with Gasteiger partial charge in [0.05, 0.1) is 4.47 Å². The van der Waals surface area contributed by atoms with Crippen LogP contribution in [0.15, 0.2) is 33.2 Å². The molecular formula is C15H17BrN2O2. The third kappa shape index (κ3) is 2.36. The molecule has 1 aliphatic carbocycles. The van der Waals surface area contributed by atoms with Gasteiger partial charge in [0.15, 0.2) is 5.76 Å². The standard InChI is InChI=1S/C15H17BrN2O2/c1-18(12(8-17)9-5-6-9)15(19)13-7-10-3-2-4-11(16)14(10)20-13/h2-4,7,9,12H,5-6,8,17H2,1H3. The summed E-state index contributed by atoms with van der Waals surface area (Å²) in [5.74, 6) is 0.814. The first-order valence-corrected chi connectivity index (χ1v) is 7.56. The van der Waals surface area contributed by atoms with Crippen LogP contribution < -0.4 is 5.73 Å². The summed E-state index contributed by atoms with van der Waals surface area (Å²) in [6, 6.07) is 7.66. The van der Waals surface area contributed by atoms with E-state index in [1.54, 1.807) is 18.0 Å². The van der Waals surface area contributed by atoms with Gasteiger partial charge in [-0.15, -0.1) is 0 Å². The van der Waals surface area contributed by atoms with Gasteiger partial charge in [-0.05, 0) is 46.8 Å². The minimum atomic E-state index is -0.101. The molecule has 0 bridgehead atoms. The summed E-state index contributed by atoms with van der Waals surface area (Å²) in [5.41, 5.74) is 6.51. The lowest BCUT2D eigenvalue weighted by Gasteiger charge is -2.26. The van der Waals surface area contributed by atoms with E-state index < -0.39 is 0 Å². The number of amides is 1. The molecule has 1 aliphatic rings. The highest BCUT2D eigenvalue weighted by Gasteiger charge is 2.35. The van der Waals surface area contributed by atoms with Crippen molar-refractivity contribution in [3.63, 3.8) is 0 Å². The van der Waals surface area contributed by atoms with Crippen LogP contribution in [-0.2, 0) is 0 Å². The first kappa shape index (κ1) is 13.6. The number of rotatable bonds is 4. The Hall–Kier alpha value is -1.33. The molecular weight excluding hydrogens is 320 g/mol. The van der Waals surface area contributed by atoms with Crippen molar-refractivity contribution < 1.29 is 9.21 Å². The molecule has 0 spiro atoms. The molecule has 106 valence electrons. The smallest absolute Gasteiger partial charge is 0.289 e. The maximum Gasteiger partial charge on any atom is 0.289 e. The Bertz CT molecular complexity index is 648. The highest BCUT2D eigenvalue weighted by atomic mass is 79.9. The van der Waals surface area contributed by atoms with Gasteiger partial charge in [-0.3, -0.25) is 4.79 Å². The highest BCUT2D eigenvalue weighted by Crippen LogP contribution is 2.35. The minimum Gasteiger partial charge on any atom is -0.450 e. The molecule has 20 heavy (non-hydrogen) atoms. The molecule has 3 rings (SSSR count). The Kier molecular flexibility index (Phi) is 3.56. The average Bonchev–Trinajstić information content (AvgIpc) is 3.17. The summed E-state index contributed by atoms with van der Waals surface area (Å²) in [6.45, 7) is 0.497. The van der Waals surface area contributed by atoms with Gasteiger partial charge in [0.1, 0.15) is 5.58 Å². The monoisotopic (exact) mass is 336 g/mol. The van der Waals surface area contributed by atoms with E-state index in [1.165, 1.54) is 0 Å². The number of halogens is 1. The molecule has 1 aromatic heterocycles. The largest absolute Gasteiger partial charge is 0.450 e. The Morgan fingerprint density at radius 2 is 2.30 bits per heavy atom. The predicted molar refractivity (Wildman–Crippen MR) is 81.6 cm³/mol. The fourth-order valence-electron chi connectivity index (χ4n) is 2.61. The van der Waals surface area contributed by atoms with Crippen molar-refractivity contribution in [3.8, 4) is 0 Å². The third-order valence-corrected chi connectivity index (χ3v) is 4.56. The van der Waals surface area contributed by atoms with E-state index in [1.807, 2.05) is 18.2 Å². The number of benzene rings is 1. The maximum atomic E-state index is 12.5. The van der Waals surface area contributed by atoms with Crippen molar-refractivity contribution in [3.05, 3.63) is 34.5 Å². The summed E-state index contributed by atoms with van der Waals surface area (Å²) in [4.78, 5) is 14.2. The minimum absolute atomic E-state index is 0.101. The lowest BCUT2D eigenvalue weighted by atomic mass is 10.1. The van der Waals surface area contributed by atoms with Crippen molar-refractivity contribution in [2.45, 2.75) is 18.9 Å². The van der Waals surface area contributed by atoms with Crippen LogP contribution in [0.1, 0.15) is 23.4 Å². The number of likely N-dealkylation sites (N-methyl/N-ethyl adjacent to an activating group) is 1. The zero-order chi connectivity index (χ0) is 14.3. The second kappa shape index (κ2) is 5.22. The molecule has 5 heteroatoms. The number of nitrogens with zero attached hydrogens (tertiary/aromatic N) is 1. The Morgan fingerprint density at radius 3 is 2.90 bits per heavy atom. The maximum absolute atomic E-state index is 12.5. The molecule has 0 saturated heterocycles. The first-order valence-electron chi connectivity index (χ1n) is 6.77. The molecule has 1 fully saturated rings. The zero-order valence-corrected chi connectivity index (χ0v) is 12.9. The van der Waals surface area contributed by atoms with E-state index in [2.05, 4.69) is 15.9 Å². The van der Waals surface area contributed by atoms with Gasteiger partial charge in [-0.1, -0.05) is 12.1 Å². The predicted octanol–water partition coefficient (Wildman–Crippen LogP) is 3.00. The summed E-state index contributed by atoms with van der Waals surface area (Å²) in [6.07, 6.45) is 2.32. The molecule has 1 amide bonds. The van der Waals surface area contributed by atoms with Gasteiger partial charge in [0, 0.05) is 25.0 Å². The summed E-state index contributed by atoms with van der Waals surface area (Å²) < 4.78 is 6.55.